The van der Waals surface area contributed by atoms with Gasteiger partial charge in [-0.1, -0.05) is 0 Å². The fourth-order valence-electron chi connectivity index (χ4n) is 0.368. The summed E-state index contributed by atoms with van der Waals surface area (Å²) in [7, 11) is 0. The van der Waals surface area contributed by atoms with E-state index in [1.807, 2.05) is 6.26 Å². The Kier molecular flexibility index (Phi) is 8.59. The third kappa shape index (κ3) is 5.91. The van der Waals surface area contributed by atoms with Crippen molar-refractivity contribution < 1.29 is 9.90 Å². The molecule has 0 aliphatic heterocycles. The van der Waals surface area contributed by atoms with Crippen molar-refractivity contribution in [3.63, 3.8) is 0 Å². The quantitative estimate of drug-likeness (QED) is 0.619. The molecule has 0 heterocycles. The molecular formula is C6H11NO2S. The second kappa shape index (κ2) is 6.89. The zero-order valence-corrected chi connectivity index (χ0v) is 6.65. The molecule has 0 aliphatic carbocycles. The zero-order chi connectivity index (χ0) is 7.28. The standard InChI is InChI=1S/C5H11NO2S.C/c1-9-3-2-4(6)5(7)8;/h4H,2-3,6H2,1H3,(H,7,8);/t4-;/m0./s1. The number of carboxylic acids is 1. The monoisotopic (exact) mass is 161 g/mol. The number of carboxylic acid groups (broad SMARTS) is 1. The van der Waals surface area contributed by atoms with Crippen molar-refractivity contribution in [3.05, 3.63) is 7.43 Å². The van der Waals surface area contributed by atoms with Gasteiger partial charge in [0.15, 0.2) is 0 Å². The Hall–Kier alpha value is -0.220. The molecule has 0 bridgehead atoms. The Labute approximate surface area is 66.0 Å². The van der Waals surface area contributed by atoms with Gasteiger partial charge in [0.05, 0.1) is 0 Å². The lowest BCUT2D eigenvalue weighted by Gasteiger charge is -2.02. The maximum atomic E-state index is 10.1. The molecule has 0 aromatic carbocycles. The lowest BCUT2D eigenvalue weighted by Crippen LogP contribution is -2.30. The molecule has 0 saturated heterocycles. The van der Waals surface area contributed by atoms with Crippen LogP contribution in [0, 0.1) is 7.43 Å². The van der Waals surface area contributed by atoms with Crippen LogP contribution in [0.1, 0.15) is 6.42 Å². The van der Waals surface area contributed by atoms with Crippen molar-refractivity contribution in [2.75, 3.05) is 12.0 Å². The summed E-state index contributed by atoms with van der Waals surface area (Å²) in [5.41, 5.74) is 5.19. The first kappa shape index (κ1) is 12.5. The van der Waals surface area contributed by atoms with E-state index in [-0.39, 0.29) is 7.43 Å². The molecular weight excluding hydrogens is 150 g/mol. The number of carbonyl (C=O) groups is 1. The largest absolute Gasteiger partial charge is 0.480 e. The summed E-state index contributed by atoms with van der Waals surface area (Å²) in [6, 6.07) is -0.683. The molecule has 0 unspecified atom stereocenters. The third-order valence-electron chi connectivity index (χ3n) is 0.950. The van der Waals surface area contributed by atoms with Gasteiger partial charge in [0.2, 0.25) is 0 Å². The van der Waals surface area contributed by atoms with Gasteiger partial charge in [0.1, 0.15) is 6.04 Å². The van der Waals surface area contributed by atoms with E-state index in [4.69, 9.17) is 10.8 Å². The molecule has 3 nitrogen and oxygen atoms in total. The molecule has 0 rings (SSSR count). The fraction of sp³-hybridized carbons (Fsp3) is 0.667. The van der Waals surface area contributed by atoms with Crippen LogP contribution in [0.5, 0.6) is 0 Å². The van der Waals surface area contributed by atoms with Crippen LogP contribution in [0.3, 0.4) is 0 Å². The number of aliphatic carboxylic acids is 1. The van der Waals surface area contributed by atoms with Gasteiger partial charge >= 0.3 is 5.97 Å². The van der Waals surface area contributed by atoms with E-state index in [0.717, 1.165) is 5.75 Å². The molecule has 0 aromatic rings. The summed E-state index contributed by atoms with van der Waals surface area (Å²) < 4.78 is 0. The maximum absolute atomic E-state index is 10.1. The number of hydrogen-bond donors (Lipinski definition) is 2. The Morgan fingerprint density at radius 1 is 1.80 bits per heavy atom. The summed E-state index contributed by atoms with van der Waals surface area (Å²) in [5, 5.41) is 8.27. The van der Waals surface area contributed by atoms with E-state index in [1.54, 1.807) is 11.8 Å². The summed E-state index contributed by atoms with van der Waals surface area (Å²) in [6.07, 6.45) is 2.48. The maximum Gasteiger partial charge on any atom is 0.320 e. The average molecular weight is 161 g/mol. The van der Waals surface area contributed by atoms with Crippen molar-refractivity contribution in [3.8, 4) is 0 Å². The lowest BCUT2D eigenvalue weighted by atomic mass is 10.2. The van der Waals surface area contributed by atoms with E-state index in [9.17, 15) is 4.79 Å². The third-order valence-corrected chi connectivity index (χ3v) is 1.59. The van der Waals surface area contributed by atoms with Gasteiger partial charge in [-0.2, -0.15) is 11.8 Å². The zero-order valence-electron chi connectivity index (χ0n) is 5.83. The van der Waals surface area contributed by atoms with Crippen LogP contribution in [-0.2, 0) is 4.79 Å². The van der Waals surface area contributed by atoms with Crippen molar-refractivity contribution >= 4 is 17.7 Å². The highest BCUT2D eigenvalue weighted by atomic mass is 32.2. The fourth-order valence-corrected chi connectivity index (χ4v) is 0.858. The molecule has 0 spiro atoms. The SMILES string of the molecule is CSCC[C@H](N)C(=O)O.[C]. The van der Waals surface area contributed by atoms with Gasteiger partial charge in [-0.3, -0.25) is 4.79 Å². The first-order chi connectivity index (χ1) is 4.18. The van der Waals surface area contributed by atoms with Crippen molar-refractivity contribution in [2.45, 2.75) is 12.5 Å². The first-order valence-corrected chi connectivity index (χ1v) is 4.05. The van der Waals surface area contributed by atoms with Gasteiger partial charge in [0.25, 0.3) is 0 Å². The van der Waals surface area contributed by atoms with Gasteiger partial charge in [-0.05, 0) is 18.4 Å². The molecule has 1 atom stereocenters. The van der Waals surface area contributed by atoms with Crippen LogP contribution in [-0.4, -0.2) is 29.1 Å². The van der Waals surface area contributed by atoms with Crippen molar-refractivity contribution in [1.29, 1.82) is 0 Å². The van der Waals surface area contributed by atoms with Gasteiger partial charge < -0.3 is 10.8 Å². The Bertz CT molecular complexity index is 97.7. The predicted molar refractivity (Wildman–Crippen MR) is 41.9 cm³/mol. The summed E-state index contributed by atoms with van der Waals surface area (Å²) >= 11 is 1.60. The minimum atomic E-state index is -0.913. The molecule has 58 valence electrons. The van der Waals surface area contributed by atoms with Crippen LogP contribution in [0.2, 0.25) is 0 Å². The normalized spacial score (nSPS) is 11.8. The molecule has 0 aromatic heterocycles. The lowest BCUT2D eigenvalue weighted by molar-refractivity contribution is -0.138. The smallest absolute Gasteiger partial charge is 0.320 e. The van der Waals surface area contributed by atoms with E-state index in [1.165, 1.54) is 0 Å². The Morgan fingerprint density at radius 2 is 2.30 bits per heavy atom. The van der Waals surface area contributed by atoms with Crippen LogP contribution in [0.15, 0.2) is 0 Å². The summed E-state index contributed by atoms with van der Waals surface area (Å²) in [4.78, 5) is 10.1. The van der Waals surface area contributed by atoms with Crippen molar-refractivity contribution in [1.82, 2.24) is 0 Å². The Balaban J connectivity index is 0. The van der Waals surface area contributed by atoms with Crippen LogP contribution in [0.4, 0.5) is 0 Å². The van der Waals surface area contributed by atoms with E-state index >= 15 is 0 Å². The molecule has 0 amide bonds. The van der Waals surface area contributed by atoms with Crippen LogP contribution in [0.25, 0.3) is 0 Å². The molecule has 0 fully saturated rings. The second-order valence-corrected chi connectivity index (χ2v) is 2.71. The number of hydrogen-bond acceptors (Lipinski definition) is 3. The number of rotatable bonds is 4. The molecule has 0 aliphatic rings. The van der Waals surface area contributed by atoms with E-state index in [2.05, 4.69) is 0 Å². The number of thioether (sulfide) groups is 1. The summed E-state index contributed by atoms with van der Waals surface area (Å²) in [6.45, 7) is 0. The van der Waals surface area contributed by atoms with E-state index < -0.39 is 12.0 Å². The second-order valence-electron chi connectivity index (χ2n) is 1.73. The topological polar surface area (TPSA) is 63.3 Å². The van der Waals surface area contributed by atoms with E-state index in [0.29, 0.717) is 6.42 Å². The summed E-state index contributed by atoms with van der Waals surface area (Å²) in [5.74, 6) is -0.1000. The van der Waals surface area contributed by atoms with Crippen molar-refractivity contribution in [2.24, 2.45) is 5.73 Å². The predicted octanol–water partition coefficient (Wildman–Crippen LogP) is 0.233. The molecule has 4 radical (unpaired) electrons. The average Bonchev–Trinajstić information content (AvgIpc) is 1.82. The van der Waals surface area contributed by atoms with Gasteiger partial charge in [-0.25, -0.2) is 0 Å². The highest BCUT2D eigenvalue weighted by Crippen LogP contribution is 1.97. The molecule has 10 heavy (non-hydrogen) atoms. The minimum absolute atomic E-state index is 0. The molecule has 3 N–H and O–H groups in total. The Morgan fingerprint density at radius 3 is 2.60 bits per heavy atom. The van der Waals surface area contributed by atoms with Crippen LogP contribution < -0.4 is 5.73 Å². The van der Waals surface area contributed by atoms with Crippen LogP contribution >= 0.6 is 11.8 Å². The highest BCUT2D eigenvalue weighted by Gasteiger charge is 2.08. The minimum Gasteiger partial charge on any atom is -0.480 e. The highest BCUT2D eigenvalue weighted by molar-refractivity contribution is 7.98. The molecule has 4 heteroatoms. The molecule has 0 saturated carbocycles. The van der Waals surface area contributed by atoms with Gasteiger partial charge in [0, 0.05) is 7.43 Å². The van der Waals surface area contributed by atoms with Gasteiger partial charge in [-0.15, -0.1) is 0 Å². The number of nitrogens with two attached hydrogens (primary N) is 1. The first-order valence-electron chi connectivity index (χ1n) is 2.65.